The van der Waals surface area contributed by atoms with Crippen molar-refractivity contribution in [3.63, 3.8) is 0 Å². The van der Waals surface area contributed by atoms with E-state index in [1.54, 1.807) is 30.7 Å². The average molecular weight is 473 g/mol. The lowest BCUT2D eigenvalue weighted by Crippen LogP contribution is -2.44. The molecule has 2 N–H and O–H groups in total. The Morgan fingerprint density at radius 2 is 1.72 bits per heavy atom. The van der Waals surface area contributed by atoms with Gasteiger partial charge in [0.1, 0.15) is 6.04 Å². The van der Waals surface area contributed by atoms with Crippen LogP contribution in [-0.4, -0.2) is 40.5 Å². The average Bonchev–Trinajstić information content (AvgIpc) is 3.35. The Kier molecular flexibility index (Phi) is 5.78. The van der Waals surface area contributed by atoms with Crippen molar-refractivity contribution in [3.8, 4) is 5.69 Å². The molecule has 0 fully saturated rings. The molecule has 0 radical (unpaired) electrons. The summed E-state index contributed by atoms with van der Waals surface area (Å²) in [5.74, 6) is -1.31. The summed E-state index contributed by atoms with van der Waals surface area (Å²) >= 11 is 1.48. The summed E-state index contributed by atoms with van der Waals surface area (Å²) in [4.78, 5) is 11.5. The number of hydrogen-bond acceptors (Lipinski definition) is 6. The Hall–Kier alpha value is -2.82. The maximum atomic E-state index is 12.8. The van der Waals surface area contributed by atoms with Gasteiger partial charge in [-0.2, -0.15) is 4.72 Å². The first-order chi connectivity index (χ1) is 15.1. The van der Waals surface area contributed by atoms with Crippen molar-refractivity contribution in [2.45, 2.75) is 44.6 Å². The number of nitrogens with zero attached hydrogens (tertiary/aromatic N) is 3. The smallest absolute Gasteiger partial charge is 0.322 e. The van der Waals surface area contributed by atoms with Gasteiger partial charge in [-0.15, -0.1) is 16.4 Å². The number of carboxylic acids is 1. The summed E-state index contributed by atoms with van der Waals surface area (Å²) < 4.78 is 31.5. The first-order valence-electron chi connectivity index (χ1n) is 10.2. The summed E-state index contributed by atoms with van der Waals surface area (Å²) in [5, 5.41) is 19.7. The Morgan fingerprint density at radius 3 is 2.31 bits per heavy atom. The van der Waals surface area contributed by atoms with Crippen molar-refractivity contribution in [1.29, 1.82) is 0 Å². The lowest BCUT2D eigenvalue weighted by Gasteiger charge is -2.18. The summed E-state index contributed by atoms with van der Waals surface area (Å²) in [5.41, 5.74) is 1.78. The first kappa shape index (κ1) is 22.4. The highest BCUT2D eigenvalue weighted by molar-refractivity contribution is 7.89. The largest absolute Gasteiger partial charge is 0.480 e. The quantitative estimate of drug-likeness (QED) is 0.418. The van der Waals surface area contributed by atoms with Crippen LogP contribution in [0.1, 0.15) is 39.3 Å². The number of aromatic nitrogens is 3. The minimum atomic E-state index is -3.98. The molecule has 32 heavy (non-hydrogen) atoms. The maximum Gasteiger partial charge on any atom is 0.322 e. The molecule has 8 nitrogen and oxygen atoms in total. The number of carbonyl (C=O) groups is 1. The summed E-state index contributed by atoms with van der Waals surface area (Å²) in [6.07, 6.45) is 1.91. The lowest BCUT2D eigenvalue weighted by atomic mass is 10.1. The van der Waals surface area contributed by atoms with E-state index >= 15 is 0 Å². The fraction of sp³-hybridized carbons (Fsp3) is 0.318. The third-order valence-corrected chi connectivity index (χ3v) is 7.87. The topological polar surface area (TPSA) is 114 Å². The molecule has 10 heteroatoms. The van der Waals surface area contributed by atoms with E-state index in [4.69, 9.17) is 0 Å². The van der Waals surface area contributed by atoms with E-state index in [1.807, 2.05) is 24.4 Å². The van der Waals surface area contributed by atoms with Gasteiger partial charge >= 0.3 is 5.97 Å². The fourth-order valence-corrected chi connectivity index (χ4v) is 6.05. The van der Waals surface area contributed by atoms with Crippen molar-refractivity contribution >= 4 is 47.5 Å². The van der Waals surface area contributed by atoms with Crippen LogP contribution in [0.25, 0.3) is 25.9 Å². The van der Waals surface area contributed by atoms with E-state index < -0.39 is 22.0 Å². The normalized spacial score (nSPS) is 13.4. The standard InChI is InChI=1S/C22H24N4O4S2/c1-12(2)18-11-26(25-23-18)14-5-7-16-17-8-6-15(10-20(17)31-19(16)9-14)32(29,30)24-21(13(3)4)22(27)28/h5-13,21,24H,1-4H3,(H,27,28)/t21-/m0/s1. The van der Waals surface area contributed by atoms with Gasteiger partial charge in [0.2, 0.25) is 10.0 Å². The molecular formula is C22H24N4O4S2. The number of benzene rings is 2. The summed E-state index contributed by atoms with van der Waals surface area (Å²) in [6, 6.07) is 9.62. The molecule has 168 valence electrons. The van der Waals surface area contributed by atoms with Crippen LogP contribution in [0.5, 0.6) is 0 Å². The SMILES string of the molecule is CC(C)c1cn(-c2ccc3c(c2)sc2cc(S(=O)(=O)N[C@H](C(=O)O)C(C)C)ccc23)nn1. The number of fused-ring (bicyclic) bond motifs is 3. The second kappa shape index (κ2) is 8.27. The van der Waals surface area contributed by atoms with Gasteiger partial charge in [-0.3, -0.25) is 4.79 Å². The van der Waals surface area contributed by atoms with Crippen molar-refractivity contribution in [2.75, 3.05) is 0 Å². The van der Waals surface area contributed by atoms with E-state index in [2.05, 4.69) is 28.9 Å². The third-order valence-electron chi connectivity index (χ3n) is 5.32. The van der Waals surface area contributed by atoms with Crippen molar-refractivity contribution < 1.29 is 18.3 Å². The molecule has 0 unspecified atom stereocenters. The van der Waals surface area contributed by atoms with Gasteiger partial charge < -0.3 is 5.11 Å². The Morgan fingerprint density at radius 1 is 1.06 bits per heavy atom. The van der Waals surface area contributed by atoms with E-state index in [0.29, 0.717) is 0 Å². The highest BCUT2D eigenvalue weighted by atomic mass is 32.2. The molecule has 0 aliphatic carbocycles. The number of aliphatic carboxylic acids is 1. The van der Waals surface area contributed by atoms with Crippen LogP contribution in [0, 0.1) is 5.92 Å². The molecule has 4 aromatic rings. The number of carboxylic acid groups (broad SMARTS) is 1. The number of rotatable bonds is 7. The Balaban J connectivity index is 1.72. The predicted octanol–water partition coefficient (Wildman–Crippen LogP) is 4.15. The van der Waals surface area contributed by atoms with Gasteiger partial charge in [-0.25, -0.2) is 13.1 Å². The first-order valence-corrected chi connectivity index (χ1v) is 12.5. The van der Waals surface area contributed by atoms with Crippen LogP contribution in [0.4, 0.5) is 0 Å². The molecule has 2 aromatic heterocycles. The molecule has 0 saturated carbocycles. The van der Waals surface area contributed by atoms with Gasteiger partial charge in [0, 0.05) is 20.2 Å². The zero-order valence-corrected chi connectivity index (χ0v) is 19.7. The molecule has 2 aromatic carbocycles. The number of nitrogens with one attached hydrogen (secondary N) is 1. The zero-order chi connectivity index (χ0) is 23.2. The van der Waals surface area contributed by atoms with Crippen LogP contribution in [0.15, 0.2) is 47.5 Å². The minimum Gasteiger partial charge on any atom is -0.480 e. The molecule has 0 saturated heterocycles. The minimum absolute atomic E-state index is 0.0431. The second-order valence-electron chi connectivity index (χ2n) is 8.36. The molecular weight excluding hydrogens is 448 g/mol. The van der Waals surface area contributed by atoms with Crippen LogP contribution in [-0.2, 0) is 14.8 Å². The van der Waals surface area contributed by atoms with Crippen LogP contribution >= 0.6 is 11.3 Å². The van der Waals surface area contributed by atoms with Crippen molar-refractivity contribution in [1.82, 2.24) is 19.7 Å². The van der Waals surface area contributed by atoms with E-state index in [0.717, 1.165) is 31.6 Å². The summed E-state index contributed by atoms with van der Waals surface area (Å²) in [7, 11) is -3.98. The third kappa shape index (κ3) is 4.13. The lowest BCUT2D eigenvalue weighted by molar-refractivity contribution is -0.140. The van der Waals surface area contributed by atoms with Crippen LogP contribution in [0.2, 0.25) is 0 Å². The van der Waals surface area contributed by atoms with Crippen LogP contribution in [0.3, 0.4) is 0 Å². The van der Waals surface area contributed by atoms with Gasteiger partial charge in [0.25, 0.3) is 0 Å². The molecule has 1 atom stereocenters. The highest BCUT2D eigenvalue weighted by Gasteiger charge is 2.28. The maximum absolute atomic E-state index is 12.8. The van der Waals surface area contributed by atoms with E-state index in [1.165, 1.54) is 17.4 Å². The molecule has 0 amide bonds. The number of hydrogen-bond donors (Lipinski definition) is 2. The highest BCUT2D eigenvalue weighted by Crippen LogP contribution is 2.36. The zero-order valence-electron chi connectivity index (χ0n) is 18.1. The van der Waals surface area contributed by atoms with Crippen LogP contribution < -0.4 is 4.72 Å². The molecule has 0 aliphatic heterocycles. The van der Waals surface area contributed by atoms with Gasteiger partial charge in [-0.05, 0) is 36.1 Å². The molecule has 0 bridgehead atoms. The molecule has 0 spiro atoms. The van der Waals surface area contributed by atoms with Crippen molar-refractivity contribution in [3.05, 3.63) is 48.3 Å². The number of sulfonamides is 1. The Labute approximate surface area is 189 Å². The Bertz CT molecular complexity index is 1420. The van der Waals surface area contributed by atoms with E-state index in [9.17, 15) is 18.3 Å². The number of thiophene rings is 1. The fourth-order valence-electron chi connectivity index (χ4n) is 3.43. The van der Waals surface area contributed by atoms with Crippen molar-refractivity contribution in [2.24, 2.45) is 5.92 Å². The second-order valence-corrected chi connectivity index (χ2v) is 11.2. The van der Waals surface area contributed by atoms with Gasteiger partial charge in [0.15, 0.2) is 0 Å². The van der Waals surface area contributed by atoms with E-state index in [-0.39, 0.29) is 16.7 Å². The summed E-state index contributed by atoms with van der Waals surface area (Å²) in [6.45, 7) is 7.44. The van der Waals surface area contributed by atoms with Gasteiger partial charge in [0.05, 0.1) is 22.5 Å². The molecule has 0 aliphatic rings. The molecule has 2 heterocycles. The predicted molar refractivity (Wildman–Crippen MR) is 125 cm³/mol. The van der Waals surface area contributed by atoms with Gasteiger partial charge in [-0.1, -0.05) is 45.0 Å². The molecule has 4 rings (SSSR count). The monoisotopic (exact) mass is 472 g/mol.